The SMILES string of the molecule is [2H][C@H]1C(=C)[C@@]2(C)[C@H](CC[C@H]3[C@@H]4CC[C@H]([C@H](C)CCCC(C)C)[C@@]4(C)CC[C@@H]32)C/C1=N\O. The first-order valence-electron chi connectivity index (χ1n) is 13.5. The minimum absolute atomic E-state index is 0.0474. The lowest BCUT2D eigenvalue weighted by molar-refractivity contribution is -0.0867. The molecular weight excluding hydrogens is 366 g/mol. The van der Waals surface area contributed by atoms with Gasteiger partial charge in [0.05, 0.1) is 5.71 Å². The van der Waals surface area contributed by atoms with E-state index in [0.29, 0.717) is 23.0 Å². The van der Waals surface area contributed by atoms with Crippen LogP contribution in [0.1, 0.15) is 107 Å². The topological polar surface area (TPSA) is 32.6 Å². The number of fused-ring (bicyclic) bond motifs is 5. The molecule has 0 spiro atoms. The van der Waals surface area contributed by atoms with Gasteiger partial charge in [-0.05, 0) is 97.2 Å². The summed E-state index contributed by atoms with van der Waals surface area (Å²) < 4.78 is 8.67. The molecule has 4 fully saturated rings. The van der Waals surface area contributed by atoms with Gasteiger partial charge in [0.1, 0.15) is 0 Å². The van der Waals surface area contributed by atoms with Gasteiger partial charge in [0, 0.05) is 7.77 Å². The van der Waals surface area contributed by atoms with Gasteiger partial charge in [-0.3, -0.25) is 0 Å². The van der Waals surface area contributed by atoms with Gasteiger partial charge in [-0.25, -0.2) is 0 Å². The van der Waals surface area contributed by atoms with E-state index in [0.717, 1.165) is 41.6 Å². The molecule has 4 rings (SSSR count). The monoisotopic (exact) mass is 414 g/mol. The molecule has 0 saturated heterocycles. The van der Waals surface area contributed by atoms with Gasteiger partial charge in [-0.15, -0.1) is 0 Å². The van der Waals surface area contributed by atoms with E-state index >= 15 is 0 Å². The highest BCUT2D eigenvalue weighted by Crippen LogP contribution is 2.68. The van der Waals surface area contributed by atoms with E-state index in [2.05, 4.69) is 46.4 Å². The lowest BCUT2D eigenvalue weighted by Crippen LogP contribution is -2.54. The van der Waals surface area contributed by atoms with E-state index in [-0.39, 0.29) is 5.41 Å². The van der Waals surface area contributed by atoms with Crippen molar-refractivity contribution in [3.05, 3.63) is 12.2 Å². The molecule has 0 amide bonds. The molecular formula is C28H47NO. The van der Waals surface area contributed by atoms with Gasteiger partial charge in [-0.2, -0.15) is 0 Å². The van der Waals surface area contributed by atoms with Crippen molar-refractivity contribution in [1.82, 2.24) is 0 Å². The summed E-state index contributed by atoms with van der Waals surface area (Å²) in [6.07, 6.45) is 12.5. The maximum atomic E-state index is 9.44. The van der Waals surface area contributed by atoms with E-state index in [1.54, 1.807) is 0 Å². The maximum absolute atomic E-state index is 9.44. The van der Waals surface area contributed by atoms with Crippen LogP contribution >= 0.6 is 0 Å². The molecule has 30 heavy (non-hydrogen) atoms. The van der Waals surface area contributed by atoms with Crippen LogP contribution in [0.15, 0.2) is 17.3 Å². The van der Waals surface area contributed by atoms with Crippen molar-refractivity contribution in [2.75, 3.05) is 0 Å². The zero-order valence-corrected chi connectivity index (χ0v) is 20.3. The fourth-order valence-corrected chi connectivity index (χ4v) is 9.01. The molecule has 4 saturated carbocycles. The standard InChI is InChI=1S/C28H47NO/c1-18(2)8-7-9-19(3)24-12-13-25-23-11-10-21-17-22(29-30)16-20(4)28(21,6)26(23)14-15-27(24,25)5/h18-19,21,23-26,30H,4,7-17H2,1-3,5-6H3/b29-22-/t19-,21-,23+,24-,25+,26+,27-,28+/m1/s1/i16D/t16-,19+,21+,23-,24+,25-,26-,27+,28-/m0. The highest BCUT2D eigenvalue weighted by atomic mass is 16.4. The van der Waals surface area contributed by atoms with Gasteiger partial charge in [0.25, 0.3) is 0 Å². The van der Waals surface area contributed by atoms with Gasteiger partial charge in [0.15, 0.2) is 0 Å². The van der Waals surface area contributed by atoms with Crippen LogP contribution in [0.25, 0.3) is 0 Å². The smallest absolute Gasteiger partial charge is 0.0614 e. The second kappa shape index (κ2) is 8.28. The molecule has 0 aromatic heterocycles. The number of nitrogens with zero attached hydrogens (tertiary/aromatic N) is 1. The van der Waals surface area contributed by atoms with Crippen molar-refractivity contribution in [1.29, 1.82) is 0 Å². The predicted octanol–water partition coefficient (Wildman–Crippen LogP) is 8.10. The molecule has 0 bridgehead atoms. The predicted molar refractivity (Wildman–Crippen MR) is 127 cm³/mol. The van der Waals surface area contributed by atoms with Crippen molar-refractivity contribution in [2.45, 2.75) is 105 Å². The average molecular weight is 415 g/mol. The molecule has 0 aromatic carbocycles. The third-order valence-corrected chi connectivity index (χ3v) is 10.7. The molecule has 4 aliphatic carbocycles. The summed E-state index contributed by atoms with van der Waals surface area (Å²) in [7, 11) is 0. The van der Waals surface area contributed by atoms with Crippen LogP contribution in [0.5, 0.6) is 0 Å². The normalized spacial score (nSPS) is 48.8. The van der Waals surface area contributed by atoms with E-state index < -0.39 is 6.40 Å². The highest BCUT2D eigenvalue weighted by Gasteiger charge is 2.61. The molecule has 0 unspecified atom stereocenters. The zero-order chi connectivity index (χ0) is 22.6. The molecule has 1 N–H and O–H groups in total. The number of rotatable bonds is 5. The zero-order valence-electron chi connectivity index (χ0n) is 21.3. The molecule has 0 radical (unpaired) electrons. The van der Waals surface area contributed by atoms with Crippen molar-refractivity contribution < 1.29 is 6.58 Å². The molecule has 0 aliphatic heterocycles. The molecule has 2 nitrogen and oxygen atoms in total. The number of hydrogen-bond donors (Lipinski definition) is 1. The van der Waals surface area contributed by atoms with Crippen molar-refractivity contribution >= 4 is 5.71 Å². The van der Waals surface area contributed by atoms with Crippen molar-refractivity contribution in [3.63, 3.8) is 0 Å². The van der Waals surface area contributed by atoms with Gasteiger partial charge in [-0.1, -0.05) is 71.2 Å². The van der Waals surface area contributed by atoms with Crippen LogP contribution in [0.2, 0.25) is 0 Å². The Kier molecular flexibility index (Phi) is 5.82. The van der Waals surface area contributed by atoms with E-state index in [1.165, 1.54) is 57.8 Å². The Balaban J connectivity index is 1.52. The fourth-order valence-electron chi connectivity index (χ4n) is 9.01. The van der Waals surface area contributed by atoms with Gasteiger partial charge in [0.2, 0.25) is 0 Å². The highest BCUT2D eigenvalue weighted by molar-refractivity contribution is 5.88. The number of oxime groups is 1. The largest absolute Gasteiger partial charge is 0.411 e. The lowest BCUT2D eigenvalue weighted by atomic mass is 9.43. The van der Waals surface area contributed by atoms with Gasteiger partial charge >= 0.3 is 0 Å². The van der Waals surface area contributed by atoms with E-state index in [4.69, 9.17) is 1.37 Å². The molecule has 170 valence electrons. The van der Waals surface area contributed by atoms with Crippen LogP contribution < -0.4 is 0 Å². The summed E-state index contributed by atoms with van der Waals surface area (Å²) in [5.74, 6) is 5.39. The summed E-state index contributed by atoms with van der Waals surface area (Å²) in [4.78, 5) is 0. The van der Waals surface area contributed by atoms with Crippen LogP contribution in [-0.2, 0) is 0 Å². The average Bonchev–Trinajstić information content (AvgIpc) is 3.08. The second-order valence-electron chi connectivity index (χ2n) is 12.4. The summed E-state index contributed by atoms with van der Waals surface area (Å²) >= 11 is 0. The third-order valence-electron chi connectivity index (χ3n) is 10.7. The summed E-state index contributed by atoms with van der Waals surface area (Å²) in [5.41, 5.74) is 2.23. The van der Waals surface area contributed by atoms with Crippen molar-refractivity contribution in [3.8, 4) is 0 Å². The molecule has 0 heterocycles. The van der Waals surface area contributed by atoms with Crippen LogP contribution in [-0.4, -0.2) is 10.9 Å². The maximum Gasteiger partial charge on any atom is 0.0614 e. The van der Waals surface area contributed by atoms with Crippen LogP contribution in [0, 0.1) is 52.3 Å². The Labute approximate surface area is 187 Å². The Hall–Kier alpha value is -0.790. The molecule has 9 atom stereocenters. The number of hydrogen-bond acceptors (Lipinski definition) is 2. The van der Waals surface area contributed by atoms with Gasteiger partial charge < -0.3 is 5.21 Å². The quantitative estimate of drug-likeness (QED) is 0.275. The molecule has 2 heteroatoms. The van der Waals surface area contributed by atoms with E-state index in [9.17, 15) is 5.21 Å². The molecule has 0 aromatic rings. The number of allylic oxidation sites excluding steroid dienone is 1. The Morgan fingerprint density at radius 2 is 1.87 bits per heavy atom. The Morgan fingerprint density at radius 3 is 2.57 bits per heavy atom. The summed E-state index contributed by atoms with van der Waals surface area (Å²) in [5, 5.41) is 12.9. The lowest BCUT2D eigenvalue weighted by Gasteiger charge is -2.61. The Morgan fingerprint density at radius 1 is 1.10 bits per heavy atom. The summed E-state index contributed by atoms with van der Waals surface area (Å²) in [6, 6.07) is 0. The Bertz CT molecular complexity index is 716. The second-order valence-corrected chi connectivity index (χ2v) is 12.4. The first kappa shape index (κ1) is 21.1. The van der Waals surface area contributed by atoms with Crippen LogP contribution in [0.4, 0.5) is 0 Å². The van der Waals surface area contributed by atoms with E-state index in [1.807, 2.05) is 0 Å². The fraction of sp³-hybridized carbons (Fsp3) is 0.893. The first-order valence-corrected chi connectivity index (χ1v) is 13.0. The minimum atomic E-state index is -0.518. The van der Waals surface area contributed by atoms with Crippen LogP contribution in [0.3, 0.4) is 0 Å². The first-order chi connectivity index (χ1) is 14.6. The summed E-state index contributed by atoms with van der Waals surface area (Å²) in [6.45, 7) is 16.8. The minimum Gasteiger partial charge on any atom is -0.411 e. The molecule has 4 aliphatic rings. The third kappa shape index (κ3) is 3.49. The van der Waals surface area contributed by atoms with Crippen molar-refractivity contribution in [2.24, 2.45) is 57.4 Å².